The smallest absolute Gasteiger partial charge is 0.255 e. The van der Waals surface area contributed by atoms with E-state index in [-0.39, 0.29) is 11.8 Å². The van der Waals surface area contributed by atoms with Gasteiger partial charge in [0.15, 0.2) is 0 Å². The lowest BCUT2D eigenvalue weighted by atomic mass is 10.1. The number of amides is 2. The maximum atomic E-state index is 12.7. The van der Waals surface area contributed by atoms with E-state index in [1.165, 1.54) is 0 Å². The predicted molar refractivity (Wildman–Crippen MR) is 117 cm³/mol. The number of rotatable bonds is 9. The van der Waals surface area contributed by atoms with Crippen LogP contribution in [0.2, 0.25) is 5.02 Å². The summed E-state index contributed by atoms with van der Waals surface area (Å²) in [7, 11) is 0. The number of carbonyl (C=O) groups excluding carboxylic acids is 2. The highest BCUT2D eigenvalue weighted by Gasteiger charge is 2.12. The molecular formula is C22H23ClN4O3. The van der Waals surface area contributed by atoms with Crippen LogP contribution in [0.1, 0.15) is 30.1 Å². The van der Waals surface area contributed by atoms with Crippen LogP contribution in [0.25, 0.3) is 0 Å². The minimum Gasteiger partial charge on any atom is -0.491 e. The fourth-order valence-corrected chi connectivity index (χ4v) is 2.92. The number of nitrogens with zero attached hydrogens (tertiary/aromatic N) is 2. The zero-order valence-corrected chi connectivity index (χ0v) is 17.4. The molecule has 8 heteroatoms. The fourth-order valence-electron chi connectivity index (χ4n) is 2.74. The van der Waals surface area contributed by atoms with Gasteiger partial charge < -0.3 is 19.9 Å². The molecule has 1 heterocycles. The Balaban J connectivity index is 1.64. The molecule has 2 aromatic carbocycles. The van der Waals surface area contributed by atoms with E-state index in [0.29, 0.717) is 47.3 Å². The van der Waals surface area contributed by atoms with E-state index >= 15 is 0 Å². The summed E-state index contributed by atoms with van der Waals surface area (Å²) in [6.45, 7) is 3.07. The van der Waals surface area contributed by atoms with Gasteiger partial charge in [0, 0.05) is 41.6 Å². The van der Waals surface area contributed by atoms with Gasteiger partial charge in [0.1, 0.15) is 5.75 Å². The van der Waals surface area contributed by atoms with E-state index in [2.05, 4.69) is 15.6 Å². The Morgan fingerprint density at radius 3 is 2.80 bits per heavy atom. The molecule has 2 amide bonds. The lowest BCUT2D eigenvalue weighted by molar-refractivity contribution is -0.116. The fraction of sp³-hybridized carbons (Fsp3) is 0.227. The molecule has 0 aliphatic heterocycles. The van der Waals surface area contributed by atoms with E-state index in [1.807, 2.05) is 11.5 Å². The summed E-state index contributed by atoms with van der Waals surface area (Å²) in [6, 6.07) is 11.8. The van der Waals surface area contributed by atoms with Crippen molar-refractivity contribution < 1.29 is 14.3 Å². The molecule has 0 spiro atoms. The van der Waals surface area contributed by atoms with Crippen molar-refractivity contribution >= 4 is 34.8 Å². The quantitative estimate of drug-likeness (QED) is 0.523. The Hall–Kier alpha value is -3.32. The van der Waals surface area contributed by atoms with Crippen LogP contribution in [0, 0.1) is 0 Å². The molecule has 0 aliphatic rings. The van der Waals surface area contributed by atoms with Gasteiger partial charge >= 0.3 is 0 Å². The number of ether oxygens (including phenoxy) is 1. The molecular weight excluding hydrogens is 404 g/mol. The van der Waals surface area contributed by atoms with Gasteiger partial charge in [-0.15, -0.1) is 0 Å². The largest absolute Gasteiger partial charge is 0.491 e. The van der Waals surface area contributed by atoms with E-state index in [1.54, 1.807) is 61.2 Å². The van der Waals surface area contributed by atoms with Gasteiger partial charge in [-0.25, -0.2) is 4.98 Å². The van der Waals surface area contributed by atoms with Crippen molar-refractivity contribution in [2.45, 2.75) is 26.3 Å². The highest BCUT2D eigenvalue weighted by Crippen LogP contribution is 2.29. The van der Waals surface area contributed by atoms with Crippen LogP contribution >= 0.6 is 11.6 Å². The monoisotopic (exact) mass is 426 g/mol. The summed E-state index contributed by atoms with van der Waals surface area (Å²) in [6.07, 6.45) is 6.27. The van der Waals surface area contributed by atoms with Gasteiger partial charge in [0.25, 0.3) is 5.91 Å². The number of imidazole rings is 1. The topological polar surface area (TPSA) is 85.3 Å². The van der Waals surface area contributed by atoms with Crippen LogP contribution in [0.4, 0.5) is 11.4 Å². The molecule has 0 radical (unpaired) electrons. The van der Waals surface area contributed by atoms with E-state index in [9.17, 15) is 9.59 Å². The van der Waals surface area contributed by atoms with Crippen LogP contribution in [-0.2, 0) is 11.3 Å². The first-order valence-electron chi connectivity index (χ1n) is 9.64. The molecule has 0 unspecified atom stereocenters. The van der Waals surface area contributed by atoms with Crippen molar-refractivity contribution in [1.82, 2.24) is 9.55 Å². The number of aromatic nitrogens is 2. The van der Waals surface area contributed by atoms with E-state index in [4.69, 9.17) is 16.3 Å². The first kappa shape index (κ1) is 21.4. The van der Waals surface area contributed by atoms with Crippen molar-refractivity contribution in [1.29, 1.82) is 0 Å². The zero-order valence-electron chi connectivity index (χ0n) is 16.6. The van der Waals surface area contributed by atoms with Gasteiger partial charge in [-0.1, -0.05) is 24.6 Å². The SMILES string of the molecule is CCCOc1ccc(Cl)cc1NC(=O)c1cccc(NC(=O)CCn2ccnc2)c1. The molecule has 0 saturated carbocycles. The molecule has 0 aliphatic carbocycles. The molecule has 3 aromatic rings. The molecule has 2 N–H and O–H groups in total. The van der Waals surface area contributed by atoms with Crippen molar-refractivity contribution in [3.63, 3.8) is 0 Å². The van der Waals surface area contributed by atoms with Crippen molar-refractivity contribution in [3.05, 3.63) is 71.8 Å². The number of halogens is 1. The number of anilines is 2. The van der Waals surface area contributed by atoms with Gasteiger partial charge in [-0.3, -0.25) is 9.59 Å². The summed E-state index contributed by atoms with van der Waals surface area (Å²) < 4.78 is 7.50. The second kappa shape index (κ2) is 10.5. The second-order valence-corrected chi connectivity index (χ2v) is 7.06. The highest BCUT2D eigenvalue weighted by atomic mass is 35.5. The first-order valence-corrected chi connectivity index (χ1v) is 10.0. The van der Waals surface area contributed by atoms with Crippen LogP contribution in [0.3, 0.4) is 0 Å². The maximum absolute atomic E-state index is 12.7. The third kappa shape index (κ3) is 6.09. The Labute approximate surface area is 180 Å². The van der Waals surface area contributed by atoms with E-state index in [0.717, 1.165) is 6.42 Å². The lowest BCUT2D eigenvalue weighted by Crippen LogP contribution is -2.16. The Morgan fingerprint density at radius 1 is 1.17 bits per heavy atom. The lowest BCUT2D eigenvalue weighted by Gasteiger charge is -2.13. The number of carbonyl (C=O) groups is 2. The number of benzene rings is 2. The molecule has 3 rings (SSSR count). The molecule has 0 bridgehead atoms. The average Bonchev–Trinajstić information content (AvgIpc) is 3.26. The molecule has 0 atom stereocenters. The molecule has 7 nitrogen and oxygen atoms in total. The molecule has 1 aromatic heterocycles. The standard InChI is InChI=1S/C22H23ClN4O3/c1-2-12-30-20-7-6-17(23)14-19(20)26-22(29)16-4-3-5-18(13-16)25-21(28)8-10-27-11-9-24-15-27/h3-7,9,11,13-15H,2,8,10,12H2,1H3,(H,25,28)(H,26,29). The Kier molecular flexibility index (Phi) is 7.45. The minimum absolute atomic E-state index is 0.147. The third-order valence-electron chi connectivity index (χ3n) is 4.22. The van der Waals surface area contributed by atoms with Crippen LogP contribution in [0.5, 0.6) is 5.75 Å². The zero-order chi connectivity index (χ0) is 21.3. The minimum atomic E-state index is -0.326. The summed E-state index contributed by atoms with van der Waals surface area (Å²) in [4.78, 5) is 28.9. The van der Waals surface area contributed by atoms with Crippen LogP contribution in [-0.4, -0.2) is 28.0 Å². The van der Waals surface area contributed by atoms with Crippen molar-refractivity contribution in [3.8, 4) is 5.75 Å². The number of hydrogen-bond acceptors (Lipinski definition) is 4. The summed E-state index contributed by atoms with van der Waals surface area (Å²) in [5.41, 5.74) is 1.45. The summed E-state index contributed by atoms with van der Waals surface area (Å²) in [5, 5.41) is 6.14. The number of aryl methyl sites for hydroxylation is 1. The summed E-state index contributed by atoms with van der Waals surface area (Å²) in [5.74, 6) is 0.0815. The van der Waals surface area contributed by atoms with Gasteiger partial charge in [-0.2, -0.15) is 0 Å². The second-order valence-electron chi connectivity index (χ2n) is 6.62. The van der Waals surface area contributed by atoms with E-state index < -0.39 is 0 Å². The number of hydrogen-bond donors (Lipinski definition) is 2. The number of nitrogens with one attached hydrogen (secondary N) is 2. The molecule has 0 saturated heterocycles. The van der Waals surface area contributed by atoms with Crippen LogP contribution < -0.4 is 15.4 Å². The van der Waals surface area contributed by atoms with Gasteiger partial charge in [-0.05, 0) is 42.8 Å². The third-order valence-corrected chi connectivity index (χ3v) is 4.45. The van der Waals surface area contributed by atoms with Gasteiger partial charge in [0.2, 0.25) is 5.91 Å². The molecule has 30 heavy (non-hydrogen) atoms. The average molecular weight is 427 g/mol. The van der Waals surface area contributed by atoms with Crippen molar-refractivity contribution in [2.75, 3.05) is 17.2 Å². The maximum Gasteiger partial charge on any atom is 0.255 e. The van der Waals surface area contributed by atoms with Gasteiger partial charge in [0.05, 0.1) is 18.6 Å². The first-order chi connectivity index (χ1) is 14.5. The molecule has 156 valence electrons. The molecule has 0 fully saturated rings. The van der Waals surface area contributed by atoms with Crippen molar-refractivity contribution in [2.24, 2.45) is 0 Å². The normalized spacial score (nSPS) is 10.5. The van der Waals surface area contributed by atoms with Crippen LogP contribution in [0.15, 0.2) is 61.2 Å². The highest BCUT2D eigenvalue weighted by molar-refractivity contribution is 6.31. The Morgan fingerprint density at radius 2 is 2.03 bits per heavy atom. The Bertz CT molecular complexity index is 1010. The summed E-state index contributed by atoms with van der Waals surface area (Å²) >= 11 is 6.07. The predicted octanol–water partition coefficient (Wildman–Crippen LogP) is 4.61.